The normalized spacial score (nSPS) is 17.4. The third-order valence-corrected chi connectivity index (χ3v) is 2.05. The maximum Gasteiger partial charge on any atom is 0.112 e. The second-order valence-corrected chi connectivity index (χ2v) is 2.64. The Morgan fingerprint density at radius 1 is 1.20 bits per heavy atom. The van der Waals surface area contributed by atoms with Crippen molar-refractivity contribution in [1.29, 1.82) is 0 Å². The largest absolute Gasteiger partial charge is 0.298 e. The molecule has 0 saturated carbocycles. The monoisotopic (exact) mass is 147 g/mol. The molecule has 0 amide bonds. The van der Waals surface area contributed by atoms with E-state index < -0.39 is 6.17 Å². The van der Waals surface area contributed by atoms with Crippen molar-refractivity contribution in [3.8, 4) is 0 Å². The van der Waals surface area contributed by atoms with Crippen LogP contribution >= 0.6 is 0 Å². The Hall–Kier alpha value is -0.110. The quantitative estimate of drug-likeness (QED) is 0.588. The van der Waals surface area contributed by atoms with Crippen molar-refractivity contribution in [2.75, 3.05) is 13.1 Å². The van der Waals surface area contributed by atoms with Crippen LogP contribution in [0.25, 0.3) is 0 Å². The van der Waals surface area contributed by atoms with Crippen LogP contribution in [0.15, 0.2) is 0 Å². The Labute approximate surface area is 63.2 Å². The smallest absolute Gasteiger partial charge is 0.112 e. The Balaban J connectivity index is 3.76. The van der Waals surface area contributed by atoms with Gasteiger partial charge in [0.1, 0.15) is 6.17 Å². The highest BCUT2D eigenvalue weighted by atomic mass is 19.1. The highest BCUT2D eigenvalue weighted by Crippen LogP contribution is 2.05. The second kappa shape index (κ2) is 4.67. The van der Waals surface area contributed by atoms with Gasteiger partial charge in [0.15, 0.2) is 0 Å². The van der Waals surface area contributed by atoms with Crippen LogP contribution < -0.4 is 0 Å². The van der Waals surface area contributed by atoms with E-state index in [2.05, 4.69) is 18.7 Å². The van der Waals surface area contributed by atoms with Crippen LogP contribution in [0.4, 0.5) is 4.39 Å². The van der Waals surface area contributed by atoms with Crippen molar-refractivity contribution in [3.05, 3.63) is 0 Å². The third-order valence-electron chi connectivity index (χ3n) is 2.05. The van der Waals surface area contributed by atoms with E-state index in [0.717, 1.165) is 13.1 Å². The van der Waals surface area contributed by atoms with Crippen LogP contribution in [-0.4, -0.2) is 30.2 Å². The first-order valence-corrected chi connectivity index (χ1v) is 4.01. The SMILES string of the molecule is CCN(CC)C(C)C(C)F. The molecule has 0 N–H and O–H groups in total. The molecule has 1 nitrogen and oxygen atoms in total. The van der Waals surface area contributed by atoms with Crippen LogP contribution in [0.2, 0.25) is 0 Å². The van der Waals surface area contributed by atoms with Gasteiger partial charge in [-0.1, -0.05) is 13.8 Å². The molecule has 0 aromatic rings. The van der Waals surface area contributed by atoms with Gasteiger partial charge in [0.25, 0.3) is 0 Å². The van der Waals surface area contributed by atoms with Crippen molar-refractivity contribution < 1.29 is 4.39 Å². The molecule has 0 aromatic carbocycles. The summed E-state index contributed by atoms with van der Waals surface area (Å²) in [6.45, 7) is 9.53. The van der Waals surface area contributed by atoms with Gasteiger partial charge in [0, 0.05) is 6.04 Å². The van der Waals surface area contributed by atoms with E-state index in [1.54, 1.807) is 6.92 Å². The van der Waals surface area contributed by atoms with E-state index in [-0.39, 0.29) is 6.04 Å². The number of rotatable bonds is 4. The van der Waals surface area contributed by atoms with Crippen LogP contribution in [0, 0.1) is 0 Å². The fraction of sp³-hybridized carbons (Fsp3) is 1.00. The van der Waals surface area contributed by atoms with Gasteiger partial charge in [-0.3, -0.25) is 4.90 Å². The molecule has 0 fully saturated rings. The Morgan fingerprint density at radius 3 is 1.70 bits per heavy atom. The fourth-order valence-electron chi connectivity index (χ4n) is 1.09. The summed E-state index contributed by atoms with van der Waals surface area (Å²) in [5, 5.41) is 0. The van der Waals surface area contributed by atoms with Crippen molar-refractivity contribution in [2.45, 2.75) is 39.9 Å². The molecule has 0 heterocycles. The van der Waals surface area contributed by atoms with Gasteiger partial charge in [-0.25, -0.2) is 4.39 Å². The summed E-state index contributed by atoms with van der Waals surface area (Å²) in [6, 6.07) is 0.0648. The topological polar surface area (TPSA) is 3.24 Å². The summed E-state index contributed by atoms with van der Waals surface area (Å²) in [7, 11) is 0. The Kier molecular flexibility index (Phi) is 4.62. The molecular formula is C8H18FN. The summed E-state index contributed by atoms with van der Waals surface area (Å²) in [6.07, 6.45) is -0.722. The van der Waals surface area contributed by atoms with Gasteiger partial charge in [-0.05, 0) is 26.9 Å². The lowest BCUT2D eigenvalue weighted by molar-refractivity contribution is 0.144. The first-order valence-electron chi connectivity index (χ1n) is 4.01. The summed E-state index contributed by atoms with van der Waals surface area (Å²) >= 11 is 0. The van der Waals surface area contributed by atoms with Crippen LogP contribution in [-0.2, 0) is 0 Å². The van der Waals surface area contributed by atoms with E-state index in [4.69, 9.17) is 0 Å². The van der Waals surface area contributed by atoms with E-state index in [9.17, 15) is 4.39 Å². The molecule has 0 aliphatic heterocycles. The van der Waals surface area contributed by atoms with E-state index in [1.807, 2.05) is 6.92 Å². The second-order valence-electron chi connectivity index (χ2n) is 2.64. The van der Waals surface area contributed by atoms with Gasteiger partial charge in [-0.15, -0.1) is 0 Å². The Bertz CT molecular complexity index is 79.3. The molecule has 0 rings (SSSR count). The minimum absolute atomic E-state index is 0.0648. The van der Waals surface area contributed by atoms with Gasteiger partial charge in [0.05, 0.1) is 0 Å². The van der Waals surface area contributed by atoms with Crippen LogP contribution in [0.3, 0.4) is 0 Å². The molecule has 0 aliphatic rings. The van der Waals surface area contributed by atoms with Crippen molar-refractivity contribution >= 4 is 0 Å². The van der Waals surface area contributed by atoms with E-state index in [0.29, 0.717) is 0 Å². The molecule has 2 heteroatoms. The highest BCUT2D eigenvalue weighted by Gasteiger charge is 2.15. The van der Waals surface area contributed by atoms with Crippen LogP contribution in [0.5, 0.6) is 0 Å². The standard InChI is InChI=1S/C8H18FN/c1-5-10(6-2)8(4)7(3)9/h7-8H,5-6H2,1-4H3. The summed E-state index contributed by atoms with van der Waals surface area (Å²) in [4.78, 5) is 2.12. The first-order chi connectivity index (χ1) is 4.63. The molecule has 0 saturated heterocycles. The molecule has 0 aromatic heterocycles. The molecule has 10 heavy (non-hydrogen) atoms. The van der Waals surface area contributed by atoms with Crippen LogP contribution in [0.1, 0.15) is 27.7 Å². The van der Waals surface area contributed by atoms with Gasteiger partial charge < -0.3 is 0 Å². The lowest BCUT2D eigenvalue weighted by Crippen LogP contribution is -2.38. The number of hydrogen-bond acceptors (Lipinski definition) is 1. The minimum atomic E-state index is -0.722. The maximum absolute atomic E-state index is 12.7. The zero-order valence-electron chi connectivity index (χ0n) is 7.39. The summed E-state index contributed by atoms with van der Waals surface area (Å²) in [5.74, 6) is 0. The predicted molar refractivity (Wildman–Crippen MR) is 43.0 cm³/mol. The molecule has 2 atom stereocenters. The molecule has 0 spiro atoms. The number of halogens is 1. The van der Waals surface area contributed by atoms with Gasteiger partial charge in [-0.2, -0.15) is 0 Å². The molecule has 0 aliphatic carbocycles. The highest BCUT2D eigenvalue weighted by molar-refractivity contribution is 4.69. The van der Waals surface area contributed by atoms with Gasteiger partial charge in [0.2, 0.25) is 0 Å². The van der Waals surface area contributed by atoms with Crippen molar-refractivity contribution in [3.63, 3.8) is 0 Å². The number of nitrogens with zero attached hydrogens (tertiary/aromatic N) is 1. The van der Waals surface area contributed by atoms with E-state index in [1.165, 1.54) is 0 Å². The molecular weight excluding hydrogens is 129 g/mol. The third kappa shape index (κ3) is 2.65. The zero-order valence-corrected chi connectivity index (χ0v) is 7.39. The zero-order chi connectivity index (χ0) is 8.15. The fourth-order valence-corrected chi connectivity index (χ4v) is 1.09. The molecule has 0 radical (unpaired) electrons. The minimum Gasteiger partial charge on any atom is -0.298 e. The molecule has 2 unspecified atom stereocenters. The number of hydrogen-bond donors (Lipinski definition) is 0. The lowest BCUT2D eigenvalue weighted by atomic mass is 10.2. The maximum atomic E-state index is 12.7. The average Bonchev–Trinajstić information content (AvgIpc) is 1.90. The first kappa shape index (κ1) is 9.89. The van der Waals surface area contributed by atoms with E-state index >= 15 is 0 Å². The van der Waals surface area contributed by atoms with Gasteiger partial charge >= 0.3 is 0 Å². The lowest BCUT2D eigenvalue weighted by Gasteiger charge is -2.27. The summed E-state index contributed by atoms with van der Waals surface area (Å²) < 4.78 is 12.7. The van der Waals surface area contributed by atoms with Crippen molar-refractivity contribution in [1.82, 2.24) is 4.90 Å². The predicted octanol–water partition coefficient (Wildman–Crippen LogP) is 2.07. The average molecular weight is 147 g/mol. The van der Waals surface area contributed by atoms with Crippen molar-refractivity contribution in [2.24, 2.45) is 0 Å². The molecule has 0 bridgehead atoms. The number of alkyl halides is 1. The Morgan fingerprint density at radius 2 is 1.60 bits per heavy atom. The summed E-state index contributed by atoms with van der Waals surface area (Å²) in [5.41, 5.74) is 0. The molecule has 62 valence electrons.